The minimum Gasteiger partial charge on any atom is -0.496 e. The fourth-order valence-electron chi connectivity index (χ4n) is 5.54. The first-order valence-corrected chi connectivity index (χ1v) is 14.4. The zero-order valence-electron chi connectivity index (χ0n) is 24.4. The summed E-state index contributed by atoms with van der Waals surface area (Å²) in [4.78, 5) is 31.7. The average Bonchev–Trinajstić information content (AvgIpc) is 3.53. The van der Waals surface area contributed by atoms with Crippen LogP contribution in [-0.2, 0) is 11.3 Å². The molecule has 2 N–H and O–H groups in total. The summed E-state index contributed by atoms with van der Waals surface area (Å²) in [7, 11) is 1.62. The smallest absolute Gasteiger partial charge is 0.412 e. The van der Waals surface area contributed by atoms with Crippen LogP contribution in [0.5, 0.6) is 5.75 Å². The van der Waals surface area contributed by atoms with Gasteiger partial charge in [-0.2, -0.15) is 0 Å². The number of hydrogen-bond acceptors (Lipinski definition) is 4. The molecule has 1 aromatic heterocycles. The third-order valence-electron chi connectivity index (χ3n) is 7.45. The maximum atomic E-state index is 14.1. The maximum Gasteiger partial charge on any atom is 0.412 e. The van der Waals surface area contributed by atoms with E-state index < -0.39 is 17.7 Å². The lowest BCUT2D eigenvalue weighted by Crippen LogP contribution is -2.30. The molecule has 1 aliphatic heterocycles. The van der Waals surface area contributed by atoms with Crippen molar-refractivity contribution in [3.05, 3.63) is 118 Å². The van der Waals surface area contributed by atoms with Gasteiger partial charge in [0.1, 0.15) is 17.4 Å². The largest absolute Gasteiger partial charge is 0.496 e. The minimum atomic E-state index is -0.583. The van der Waals surface area contributed by atoms with Gasteiger partial charge in [-0.3, -0.25) is 10.1 Å². The number of aromatic nitrogens is 1. The lowest BCUT2D eigenvalue weighted by atomic mass is 10.00. The molecule has 0 saturated carbocycles. The molecule has 1 unspecified atom stereocenters. The molecule has 6 rings (SSSR count). The molecule has 7 nitrogen and oxygen atoms in total. The number of hydrogen-bond donors (Lipinski definition) is 2. The summed E-state index contributed by atoms with van der Waals surface area (Å²) in [5.74, 6) is 0.573. The number of anilines is 1. The molecule has 0 fully saturated rings. The van der Waals surface area contributed by atoms with Crippen LogP contribution >= 0.6 is 11.6 Å². The normalized spacial score (nSPS) is 13.6. The molecule has 8 heteroatoms. The van der Waals surface area contributed by atoms with Crippen LogP contribution in [0.2, 0.25) is 5.02 Å². The number of rotatable bonds is 6. The highest BCUT2D eigenvalue weighted by atomic mass is 35.5. The van der Waals surface area contributed by atoms with Gasteiger partial charge in [0.25, 0.3) is 5.91 Å². The number of aromatic amines is 1. The van der Waals surface area contributed by atoms with Gasteiger partial charge < -0.3 is 19.4 Å². The molecule has 0 spiro atoms. The van der Waals surface area contributed by atoms with E-state index in [0.717, 1.165) is 38.9 Å². The summed E-state index contributed by atoms with van der Waals surface area (Å²) in [5.41, 5.74) is 6.12. The van der Waals surface area contributed by atoms with Gasteiger partial charge in [-0.1, -0.05) is 54.1 Å². The minimum absolute atomic E-state index is 0.0780. The van der Waals surface area contributed by atoms with Gasteiger partial charge in [-0.25, -0.2) is 4.79 Å². The lowest BCUT2D eigenvalue weighted by Gasteiger charge is -2.29. The Kier molecular flexibility index (Phi) is 7.36. The molecule has 1 atom stereocenters. The van der Waals surface area contributed by atoms with Gasteiger partial charge in [-0.05, 0) is 91.4 Å². The molecule has 218 valence electrons. The van der Waals surface area contributed by atoms with Crippen molar-refractivity contribution in [2.24, 2.45) is 0 Å². The van der Waals surface area contributed by atoms with Crippen molar-refractivity contribution in [2.75, 3.05) is 12.4 Å². The van der Waals surface area contributed by atoms with Crippen LogP contribution in [-0.4, -0.2) is 34.6 Å². The second-order valence-corrected chi connectivity index (χ2v) is 12.0. The maximum absolute atomic E-state index is 14.1. The second-order valence-electron chi connectivity index (χ2n) is 11.6. The number of nitrogens with zero attached hydrogens (tertiary/aromatic N) is 1. The van der Waals surface area contributed by atoms with E-state index in [2.05, 4.69) is 16.4 Å². The number of amides is 2. The fraction of sp³-hybridized carbons (Fsp3) is 0.200. The number of benzene rings is 4. The molecule has 0 aliphatic carbocycles. The van der Waals surface area contributed by atoms with E-state index in [1.807, 2.05) is 105 Å². The zero-order chi connectivity index (χ0) is 30.3. The highest BCUT2D eigenvalue weighted by Gasteiger charge is 2.37. The van der Waals surface area contributed by atoms with Crippen molar-refractivity contribution in [3.63, 3.8) is 0 Å². The summed E-state index contributed by atoms with van der Waals surface area (Å²) in [6.07, 6.45) is -0.510. The van der Waals surface area contributed by atoms with E-state index in [1.165, 1.54) is 0 Å². The lowest BCUT2D eigenvalue weighted by molar-refractivity contribution is 0.0635. The van der Waals surface area contributed by atoms with E-state index in [-0.39, 0.29) is 5.91 Å². The third-order valence-corrected chi connectivity index (χ3v) is 7.68. The first-order chi connectivity index (χ1) is 20.6. The van der Waals surface area contributed by atoms with Crippen LogP contribution < -0.4 is 10.1 Å². The van der Waals surface area contributed by atoms with Gasteiger partial charge in [0.05, 0.1) is 7.11 Å². The molecule has 0 radical (unpaired) electrons. The molecule has 43 heavy (non-hydrogen) atoms. The van der Waals surface area contributed by atoms with Gasteiger partial charge in [0.2, 0.25) is 0 Å². The fourth-order valence-corrected chi connectivity index (χ4v) is 5.72. The first kappa shape index (κ1) is 28.4. The SMILES string of the molecule is COc1ccc(Cl)cc1C(c1cc2ccccc2[nH]1)N1Cc2ccc(-c3ccc(NC(=O)OC(C)(C)C)cc3)cc2C1=O. The number of methoxy groups -OCH3 is 1. The van der Waals surface area contributed by atoms with Gasteiger partial charge in [0, 0.05) is 39.6 Å². The molecule has 2 heterocycles. The summed E-state index contributed by atoms with van der Waals surface area (Å²) >= 11 is 6.47. The molecule has 1 aliphatic rings. The van der Waals surface area contributed by atoms with Crippen LogP contribution in [0.15, 0.2) is 91.0 Å². The number of fused-ring (bicyclic) bond motifs is 2. The van der Waals surface area contributed by atoms with Crippen LogP contribution in [0.4, 0.5) is 10.5 Å². The van der Waals surface area contributed by atoms with Crippen molar-refractivity contribution < 1.29 is 19.1 Å². The Balaban J connectivity index is 1.32. The second kappa shape index (κ2) is 11.2. The van der Waals surface area contributed by atoms with Crippen molar-refractivity contribution in [3.8, 4) is 16.9 Å². The monoisotopic (exact) mass is 593 g/mol. The topological polar surface area (TPSA) is 83.7 Å². The van der Waals surface area contributed by atoms with Crippen LogP contribution in [0.1, 0.15) is 54.0 Å². The van der Waals surface area contributed by atoms with E-state index in [9.17, 15) is 9.59 Å². The van der Waals surface area contributed by atoms with Gasteiger partial charge in [0.15, 0.2) is 0 Å². The van der Waals surface area contributed by atoms with Crippen LogP contribution in [0.3, 0.4) is 0 Å². The number of halogens is 1. The predicted molar refractivity (Wildman–Crippen MR) is 170 cm³/mol. The van der Waals surface area contributed by atoms with Gasteiger partial charge in [-0.15, -0.1) is 0 Å². The summed E-state index contributed by atoms with van der Waals surface area (Å²) in [6.45, 7) is 5.89. The zero-order valence-corrected chi connectivity index (χ0v) is 25.2. The third kappa shape index (κ3) is 5.81. The number of ether oxygens (including phenoxy) is 2. The molecule has 2 amide bonds. The number of para-hydroxylation sites is 1. The Hall–Kier alpha value is -4.75. The van der Waals surface area contributed by atoms with Crippen LogP contribution in [0.25, 0.3) is 22.0 Å². The highest BCUT2D eigenvalue weighted by Crippen LogP contribution is 2.41. The van der Waals surface area contributed by atoms with Crippen LogP contribution in [0, 0.1) is 0 Å². The molecule has 0 bridgehead atoms. The number of carbonyl (C=O) groups excluding carboxylic acids is 2. The Morgan fingerprint density at radius 2 is 1.70 bits per heavy atom. The van der Waals surface area contributed by atoms with Crippen molar-refractivity contribution in [1.82, 2.24) is 9.88 Å². The standard InChI is InChI=1S/C35H32ClN3O4/c1-35(2,3)43-34(41)37-26-14-11-21(12-15-26)22-9-10-24-20-39(33(40)27(24)17-22)32(28-19-25(36)13-16-31(28)42-4)30-18-23-7-5-6-8-29(23)38-30/h5-19,32,38H,20H2,1-4H3,(H,37,41). The number of nitrogens with one attached hydrogen (secondary N) is 2. The Morgan fingerprint density at radius 3 is 2.42 bits per heavy atom. The molecule has 0 saturated heterocycles. The Labute approximate surface area is 255 Å². The molecular weight excluding hydrogens is 562 g/mol. The van der Waals surface area contributed by atoms with Crippen molar-refractivity contribution in [1.29, 1.82) is 0 Å². The first-order valence-electron chi connectivity index (χ1n) is 14.0. The predicted octanol–water partition coefficient (Wildman–Crippen LogP) is 8.59. The molecular formula is C35H32ClN3O4. The molecule has 5 aromatic rings. The van der Waals surface area contributed by atoms with Crippen molar-refractivity contribution >= 4 is 40.2 Å². The van der Waals surface area contributed by atoms with E-state index in [1.54, 1.807) is 13.2 Å². The number of carbonyl (C=O) groups is 2. The number of H-pyrrole nitrogens is 1. The summed E-state index contributed by atoms with van der Waals surface area (Å²) in [5, 5.41) is 4.37. The molecule has 4 aromatic carbocycles. The Morgan fingerprint density at radius 1 is 0.953 bits per heavy atom. The Bertz CT molecular complexity index is 1810. The summed E-state index contributed by atoms with van der Waals surface area (Å²) < 4.78 is 11.1. The van der Waals surface area contributed by atoms with E-state index >= 15 is 0 Å². The van der Waals surface area contributed by atoms with Crippen molar-refractivity contribution in [2.45, 2.75) is 39.0 Å². The van der Waals surface area contributed by atoms with E-state index in [0.29, 0.717) is 28.6 Å². The van der Waals surface area contributed by atoms with Gasteiger partial charge >= 0.3 is 6.09 Å². The quantitative estimate of drug-likeness (QED) is 0.206. The average molecular weight is 594 g/mol. The highest BCUT2D eigenvalue weighted by molar-refractivity contribution is 6.30. The van der Waals surface area contributed by atoms with E-state index in [4.69, 9.17) is 21.1 Å². The summed E-state index contributed by atoms with van der Waals surface area (Å²) in [6, 6.07) is 28.6.